The lowest BCUT2D eigenvalue weighted by Gasteiger charge is -2.05. The van der Waals surface area contributed by atoms with Gasteiger partial charge in [0.25, 0.3) is 6.43 Å². The Morgan fingerprint density at radius 1 is 1.57 bits per heavy atom. The van der Waals surface area contributed by atoms with Gasteiger partial charge >= 0.3 is 5.97 Å². The van der Waals surface area contributed by atoms with Crippen molar-refractivity contribution < 1.29 is 23.1 Å². The summed E-state index contributed by atoms with van der Waals surface area (Å²) < 4.78 is 37.1. The maximum atomic E-state index is 12.8. The molecule has 0 aliphatic carbocycles. The zero-order valence-corrected chi connectivity index (χ0v) is 7.09. The lowest BCUT2D eigenvalue weighted by atomic mass is 10.1. The number of nitrogens with zero attached hydrogens (tertiary/aromatic N) is 1. The fourth-order valence-electron chi connectivity index (χ4n) is 0.975. The highest BCUT2D eigenvalue weighted by atomic mass is 19.3. The number of hydrogen-bond acceptors (Lipinski definition) is 2. The molecular weight excluding hydrogens is 199 g/mol. The molecule has 0 atom stereocenters. The van der Waals surface area contributed by atoms with Crippen LogP contribution >= 0.6 is 0 Å². The maximum absolute atomic E-state index is 12.8. The summed E-state index contributed by atoms with van der Waals surface area (Å²) in [5.74, 6) is -2.92. The summed E-state index contributed by atoms with van der Waals surface area (Å²) in [6.07, 6.45) is -2.91. The fraction of sp³-hybridized carbons (Fsp3) is 0.250. The predicted octanol–water partition coefficient (Wildman–Crippen LogP) is 2.16. The molecule has 0 aliphatic heterocycles. The molecule has 76 valence electrons. The van der Waals surface area contributed by atoms with Gasteiger partial charge in [0.2, 0.25) is 5.95 Å². The van der Waals surface area contributed by atoms with Crippen LogP contribution in [0.5, 0.6) is 0 Å². The predicted molar refractivity (Wildman–Crippen MR) is 40.8 cm³/mol. The molecule has 0 saturated carbocycles. The summed E-state index contributed by atoms with van der Waals surface area (Å²) in [6, 6.07) is 0.839. The van der Waals surface area contributed by atoms with Crippen molar-refractivity contribution in [2.75, 3.05) is 0 Å². The summed E-state index contributed by atoms with van der Waals surface area (Å²) in [4.78, 5) is 13.3. The van der Waals surface area contributed by atoms with Gasteiger partial charge in [-0.05, 0) is 18.6 Å². The summed E-state index contributed by atoms with van der Waals surface area (Å²) in [7, 11) is 0. The lowest BCUT2D eigenvalue weighted by Crippen LogP contribution is -2.07. The molecule has 0 radical (unpaired) electrons. The van der Waals surface area contributed by atoms with E-state index in [1.807, 2.05) is 0 Å². The summed E-state index contributed by atoms with van der Waals surface area (Å²) in [6.45, 7) is 1.25. The molecule has 0 bridgehead atoms. The van der Waals surface area contributed by atoms with Crippen LogP contribution in [-0.2, 0) is 0 Å². The summed E-state index contributed by atoms with van der Waals surface area (Å²) >= 11 is 0. The molecule has 1 aromatic rings. The van der Waals surface area contributed by atoms with E-state index in [-0.39, 0.29) is 5.56 Å². The van der Waals surface area contributed by atoms with Crippen LogP contribution in [0.25, 0.3) is 0 Å². The SMILES string of the molecule is Cc1cc(C(=O)O)c(F)nc1C(F)F. The van der Waals surface area contributed by atoms with Gasteiger partial charge in [-0.2, -0.15) is 4.39 Å². The molecule has 0 aromatic carbocycles. The van der Waals surface area contributed by atoms with Crippen molar-refractivity contribution in [3.8, 4) is 0 Å². The highest BCUT2D eigenvalue weighted by molar-refractivity contribution is 5.87. The van der Waals surface area contributed by atoms with Crippen LogP contribution in [0.2, 0.25) is 0 Å². The van der Waals surface area contributed by atoms with Crippen molar-refractivity contribution in [3.63, 3.8) is 0 Å². The molecule has 1 rings (SSSR count). The van der Waals surface area contributed by atoms with Gasteiger partial charge in [0.15, 0.2) is 0 Å². The maximum Gasteiger partial charge on any atom is 0.340 e. The minimum absolute atomic E-state index is 0.0428. The zero-order valence-electron chi connectivity index (χ0n) is 7.09. The minimum atomic E-state index is -2.91. The van der Waals surface area contributed by atoms with Crippen LogP contribution in [0.3, 0.4) is 0 Å². The average molecular weight is 205 g/mol. The molecule has 0 unspecified atom stereocenters. The lowest BCUT2D eigenvalue weighted by molar-refractivity contribution is 0.0689. The smallest absolute Gasteiger partial charge is 0.340 e. The van der Waals surface area contributed by atoms with Crippen LogP contribution in [0.4, 0.5) is 13.2 Å². The van der Waals surface area contributed by atoms with Crippen LogP contribution in [0.15, 0.2) is 6.07 Å². The van der Waals surface area contributed by atoms with Crippen LogP contribution in [0, 0.1) is 12.9 Å². The van der Waals surface area contributed by atoms with Crippen molar-refractivity contribution >= 4 is 5.97 Å². The number of aryl methyl sites for hydroxylation is 1. The molecule has 3 nitrogen and oxygen atoms in total. The molecule has 14 heavy (non-hydrogen) atoms. The van der Waals surface area contributed by atoms with Gasteiger partial charge in [0.05, 0.1) is 0 Å². The Morgan fingerprint density at radius 2 is 2.14 bits per heavy atom. The van der Waals surface area contributed by atoms with E-state index in [1.165, 1.54) is 6.92 Å². The van der Waals surface area contributed by atoms with Crippen LogP contribution in [0.1, 0.15) is 28.0 Å². The van der Waals surface area contributed by atoms with Gasteiger partial charge in [0, 0.05) is 0 Å². The Balaban J connectivity index is 3.31. The van der Waals surface area contributed by atoms with Crippen LogP contribution in [-0.4, -0.2) is 16.1 Å². The standard InChI is InChI=1S/C8H6F3NO2/c1-3-2-4(8(13)14)7(11)12-5(3)6(9)10/h2,6H,1H3,(H,13,14). The zero-order chi connectivity index (χ0) is 10.9. The molecule has 0 fully saturated rings. The number of halogens is 3. The first-order chi connectivity index (χ1) is 6.43. The summed E-state index contributed by atoms with van der Waals surface area (Å²) in [5, 5.41) is 8.45. The number of rotatable bonds is 2. The minimum Gasteiger partial charge on any atom is -0.478 e. The topological polar surface area (TPSA) is 50.2 Å². The quantitative estimate of drug-likeness (QED) is 0.752. The van der Waals surface area contributed by atoms with E-state index >= 15 is 0 Å². The molecular formula is C8H6F3NO2. The van der Waals surface area contributed by atoms with Crippen molar-refractivity contribution in [3.05, 3.63) is 28.8 Å². The van der Waals surface area contributed by atoms with Crippen LogP contribution < -0.4 is 0 Å². The van der Waals surface area contributed by atoms with E-state index in [2.05, 4.69) is 4.98 Å². The van der Waals surface area contributed by atoms with E-state index < -0.39 is 29.6 Å². The summed E-state index contributed by atoms with van der Waals surface area (Å²) in [5.41, 5.74) is -1.47. The molecule has 1 N–H and O–H groups in total. The highest BCUT2D eigenvalue weighted by Crippen LogP contribution is 2.22. The second kappa shape index (κ2) is 3.65. The Morgan fingerprint density at radius 3 is 2.57 bits per heavy atom. The highest BCUT2D eigenvalue weighted by Gasteiger charge is 2.19. The number of aromatic carboxylic acids is 1. The first-order valence-electron chi connectivity index (χ1n) is 3.62. The molecule has 1 aromatic heterocycles. The van der Waals surface area contributed by atoms with E-state index in [1.54, 1.807) is 0 Å². The number of aromatic nitrogens is 1. The molecule has 6 heteroatoms. The van der Waals surface area contributed by atoms with Gasteiger partial charge in [-0.3, -0.25) is 0 Å². The van der Waals surface area contributed by atoms with E-state index in [4.69, 9.17) is 5.11 Å². The molecule has 0 amide bonds. The molecule has 0 saturated heterocycles. The van der Waals surface area contributed by atoms with E-state index in [0.29, 0.717) is 0 Å². The number of carboxylic acid groups (broad SMARTS) is 1. The Hall–Kier alpha value is -1.59. The normalized spacial score (nSPS) is 10.6. The largest absolute Gasteiger partial charge is 0.478 e. The Labute approximate surface area is 77.2 Å². The van der Waals surface area contributed by atoms with Gasteiger partial charge in [-0.15, -0.1) is 0 Å². The van der Waals surface area contributed by atoms with Gasteiger partial charge in [-0.25, -0.2) is 18.6 Å². The first-order valence-corrected chi connectivity index (χ1v) is 3.62. The number of carbonyl (C=O) groups is 1. The molecule has 0 spiro atoms. The second-order valence-corrected chi connectivity index (χ2v) is 2.63. The number of alkyl halides is 2. The third-order valence-electron chi connectivity index (χ3n) is 1.64. The number of carboxylic acids is 1. The van der Waals surface area contributed by atoms with Gasteiger partial charge in [-0.1, -0.05) is 0 Å². The molecule has 1 heterocycles. The van der Waals surface area contributed by atoms with Crippen molar-refractivity contribution in [2.24, 2.45) is 0 Å². The van der Waals surface area contributed by atoms with Gasteiger partial charge in [0.1, 0.15) is 11.3 Å². The Kier molecular flexibility index (Phi) is 2.73. The Bertz CT molecular complexity index is 379. The van der Waals surface area contributed by atoms with E-state index in [0.717, 1.165) is 6.07 Å². The monoisotopic (exact) mass is 205 g/mol. The van der Waals surface area contributed by atoms with E-state index in [9.17, 15) is 18.0 Å². The third-order valence-corrected chi connectivity index (χ3v) is 1.64. The third kappa shape index (κ3) is 1.84. The van der Waals surface area contributed by atoms with Crippen molar-refractivity contribution in [1.29, 1.82) is 0 Å². The second-order valence-electron chi connectivity index (χ2n) is 2.63. The van der Waals surface area contributed by atoms with Crippen molar-refractivity contribution in [1.82, 2.24) is 4.98 Å². The number of hydrogen-bond donors (Lipinski definition) is 1. The first kappa shape index (κ1) is 10.5. The fourth-order valence-corrected chi connectivity index (χ4v) is 0.975. The van der Waals surface area contributed by atoms with Gasteiger partial charge < -0.3 is 5.11 Å². The van der Waals surface area contributed by atoms with Crippen molar-refractivity contribution in [2.45, 2.75) is 13.3 Å². The molecule has 0 aliphatic rings. The number of pyridine rings is 1. The average Bonchev–Trinajstić information content (AvgIpc) is 2.07.